The Kier molecular flexibility index (Phi) is 10.1. The van der Waals surface area contributed by atoms with Crippen LogP contribution < -0.4 is 5.32 Å². The summed E-state index contributed by atoms with van der Waals surface area (Å²) in [7, 11) is 3.69. The van der Waals surface area contributed by atoms with Crippen molar-refractivity contribution in [3.05, 3.63) is 35.9 Å². The molecule has 2 atom stereocenters. The molecule has 0 bridgehead atoms. The molecule has 0 radical (unpaired) electrons. The first-order chi connectivity index (χ1) is 10.3. The van der Waals surface area contributed by atoms with Gasteiger partial charge in [-0.05, 0) is 24.9 Å². The van der Waals surface area contributed by atoms with E-state index in [1.807, 2.05) is 13.1 Å². The third-order valence-corrected chi connectivity index (χ3v) is 3.56. The van der Waals surface area contributed by atoms with Gasteiger partial charge in [0.05, 0.1) is 26.4 Å². The topological polar surface area (TPSA) is 39.7 Å². The molecule has 0 heterocycles. The summed E-state index contributed by atoms with van der Waals surface area (Å²) in [4.78, 5) is 0. The van der Waals surface area contributed by atoms with Crippen LogP contribution in [-0.4, -0.2) is 47.2 Å². The lowest BCUT2D eigenvalue weighted by Crippen LogP contribution is -2.24. The molecule has 0 saturated carbocycles. The summed E-state index contributed by atoms with van der Waals surface area (Å²) >= 11 is 0. The van der Waals surface area contributed by atoms with Crippen molar-refractivity contribution in [3.63, 3.8) is 0 Å². The van der Waals surface area contributed by atoms with E-state index in [2.05, 4.69) is 36.5 Å². The Hall–Kier alpha value is -0.940. The van der Waals surface area contributed by atoms with E-state index < -0.39 is 0 Å². The minimum absolute atomic E-state index is 0.368. The number of ether oxygens (including phenoxy) is 3. The fourth-order valence-electron chi connectivity index (χ4n) is 2.34. The number of hydrogen-bond acceptors (Lipinski definition) is 4. The lowest BCUT2D eigenvalue weighted by atomic mass is 9.92. The van der Waals surface area contributed by atoms with Gasteiger partial charge in [0.1, 0.15) is 0 Å². The van der Waals surface area contributed by atoms with Crippen LogP contribution in [0, 0.1) is 5.92 Å². The third kappa shape index (κ3) is 7.58. The van der Waals surface area contributed by atoms with Gasteiger partial charge in [-0.1, -0.05) is 37.3 Å². The summed E-state index contributed by atoms with van der Waals surface area (Å²) in [6, 6.07) is 10.9. The summed E-state index contributed by atoms with van der Waals surface area (Å²) in [5.41, 5.74) is 1.33. The van der Waals surface area contributed by atoms with Crippen molar-refractivity contribution in [2.24, 2.45) is 5.92 Å². The van der Waals surface area contributed by atoms with Crippen molar-refractivity contribution in [1.29, 1.82) is 0 Å². The Morgan fingerprint density at radius 2 is 1.57 bits per heavy atom. The molecule has 1 rings (SSSR count). The molecule has 1 N–H and O–H groups in total. The van der Waals surface area contributed by atoms with Crippen LogP contribution in [-0.2, 0) is 14.2 Å². The molecule has 0 aliphatic heterocycles. The molecular weight excluding hydrogens is 266 g/mol. The lowest BCUT2D eigenvalue weighted by Gasteiger charge is -2.24. The van der Waals surface area contributed by atoms with Crippen LogP contribution in [0.1, 0.15) is 24.9 Å². The van der Waals surface area contributed by atoms with E-state index in [-0.39, 0.29) is 0 Å². The maximum absolute atomic E-state index is 5.62. The van der Waals surface area contributed by atoms with Gasteiger partial charge in [-0.2, -0.15) is 0 Å². The van der Waals surface area contributed by atoms with Gasteiger partial charge in [0.2, 0.25) is 0 Å². The highest BCUT2D eigenvalue weighted by atomic mass is 16.5. The molecule has 0 aromatic heterocycles. The fraction of sp³-hybridized carbons (Fsp3) is 0.647. The Bertz CT molecular complexity index is 345. The highest BCUT2D eigenvalue weighted by molar-refractivity contribution is 5.19. The number of hydrogen-bond donors (Lipinski definition) is 1. The van der Waals surface area contributed by atoms with Crippen LogP contribution in [0.15, 0.2) is 30.3 Å². The van der Waals surface area contributed by atoms with Crippen LogP contribution in [0.2, 0.25) is 0 Å². The fourth-order valence-corrected chi connectivity index (χ4v) is 2.34. The van der Waals surface area contributed by atoms with Crippen LogP contribution in [0.25, 0.3) is 0 Å². The number of rotatable bonds is 12. The zero-order valence-corrected chi connectivity index (χ0v) is 13.5. The smallest absolute Gasteiger partial charge is 0.0701 e. The molecule has 0 saturated heterocycles. The maximum Gasteiger partial charge on any atom is 0.0701 e. The SMILES string of the molecule is CNC(c1ccccc1)C(C)CCOCCOCCOC. The van der Waals surface area contributed by atoms with Gasteiger partial charge < -0.3 is 19.5 Å². The van der Waals surface area contributed by atoms with E-state index in [9.17, 15) is 0 Å². The van der Waals surface area contributed by atoms with Crippen molar-refractivity contribution >= 4 is 0 Å². The van der Waals surface area contributed by atoms with Crippen LogP contribution in [0.5, 0.6) is 0 Å². The minimum atomic E-state index is 0.368. The normalized spacial score (nSPS) is 14.0. The molecule has 4 nitrogen and oxygen atoms in total. The Balaban J connectivity index is 2.16. The second-order valence-corrected chi connectivity index (χ2v) is 5.16. The highest BCUT2D eigenvalue weighted by Crippen LogP contribution is 2.23. The van der Waals surface area contributed by atoms with Crippen molar-refractivity contribution in [1.82, 2.24) is 5.32 Å². The van der Waals surface area contributed by atoms with E-state index in [1.54, 1.807) is 7.11 Å². The molecule has 0 aliphatic rings. The number of methoxy groups -OCH3 is 1. The minimum Gasteiger partial charge on any atom is -0.382 e. The summed E-state index contributed by atoms with van der Waals surface area (Å²) in [5.74, 6) is 0.520. The van der Waals surface area contributed by atoms with Gasteiger partial charge in [0, 0.05) is 19.8 Å². The van der Waals surface area contributed by atoms with Gasteiger partial charge in [0.15, 0.2) is 0 Å². The molecule has 1 aromatic carbocycles. The molecule has 4 heteroatoms. The van der Waals surface area contributed by atoms with Gasteiger partial charge in [-0.15, -0.1) is 0 Å². The van der Waals surface area contributed by atoms with Crippen LogP contribution in [0.3, 0.4) is 0 Å². The molecule has 120 valence electrons. The largest absolute Gasteiger partial charge is 0.382 e. The zero-order valence-electron chi connectivity index (χ0n) is 13.5. The summed E-state index contributed by atoms with van der Waals surface area (Å²) in [6.45, 7) is 5.56. The average Bonchev–Trinajstić information content (AvgIpc) is 2.52. The first-order valence-electron chi connectivity index (χ1n) is 7.66. The van der Waals surface area contributed by atoms with Crippen LogP contribution in [0.4, 0.5) is 0 Å². The van der Waals surface area contributed by atoms with Gasteiger partial charge in [0.25, 0.3) is 0 Å². The standard InChI is InChI=1S/C17H29NO3/c1-15(9-10-20-13-14-21-12-11-19-3)17(18-2)16-7-5-4-6-8-16/h4-8,15,17-18H,9-14H2,1-3H3. The maximum atomic E-state index is 5.62. The first kappa shape index (κ1) is 18.1. The van der Waals surface area contributed by atoms with Crippen LogP contribution >= 0.6 is 0 Å². The number of benzene rings is 1. The van der Waals surface area contributed by atoms with E-state index in [0.717, 1.165) is 13.0 Å². The highest BCUT2D eigenvalue weighted by Gasteiger charge is 2.16. The van der Waals surface area contributed by atoms with E-state index in [4.69, 9.17) is 14.2 Å². The van der Waals surface area contributed by atoms with Gasteiger partial charge >= 0.3 is 0 Å². The molecule has 0 aliphatic carbocycles. The lowest BCUT2D eigenvalue weighted by molar-refractivity contribution is 0.0214. The monoisotopic (exact) mass is 295 g/mol. The first-order valence-corrected chi connectivity index (χ1v) is 7.66. The predicted octanol–water partition coefficient (Wildman–Crippen LogP) is 2.65. The van der Waals surface area contributed by atoms with Crippen molar-refractivity contribution in [2.45, 2.75) is 19.4 Å². The predicted molar refractivity (Wildman–Crippen MR) is 85.5 cm³/mol. The second-order valence-electron chi connectivity index (χ2n) is 5.16. The van der Waals surface area contributed by atoms with Gasteiger partial charge in [-0.25, -0.2) is 0 Å². The Labute approximate surface area is 128 Å². The van der Waals surface area contributed by atoms with E-state index in [1.165, 1.54) is 5.56 Å². The van der Waals surface area contributed by atoms with Gasteiger partial charge in [-0.3, -0.25) is 0 Å². The van der Waals surface area contributed by atoms with E-state index in [0.29, 0.717) is 38.4 Å². The Morgan fingerprint density at radius 3 is 2.19 bits per heavy atom. The molecular formula is C17H29NO3. The molecule has 21 heavy (non-hydrogen) atoms. The zero-order chi connectivity index (χ0) is 15.3. The molecule has 1 aromatic rings. The van der Waals surface area contributed by atoms with Crippen molar-refractivity contribution < 1.29 is 14.2 Å². The van der Waals surface area contributed by atoms with Crippen molar-refractivity contribution in [3.8, 4) is 0 Å². The average molecular weight is 295 g/mol. The molecule has 0 fully saturated rings. The summed E-state index contributed by atoms with van der Waals surface area (Å²) in [5, 5.41) is 3.40. The molecule has 2 unspecified atom stereocenters. The quantitative estimate of drug-likeness (QED) is 0.602. The molecule has 0 spiro atoms. The second kappa shape index (κ2) is 11.7. The van der Waals surface area contributed by atoms with Crippen molar-refractivity contribution in [2.75, 3.05) is 47.2 Å². The number of nitrogens with one attached hydrogen (secondary N) is 1. The third-order valence-electron chi connectivity index (χ3n) is 3.56. The molecule has 0 amide bonds. The summed E-state index contributed by atoms with van der Waals surface area (Å²) < 4.78 is 15.9. The summed E-state index contributed by atoms with van der Waals surface area (Å²) in [6.07, 6.45) is 1.03. The van der Waals surface area contributed by atoms with E-state index >= 15 is 0 Å². The Morgan fingerprint density at radius 1 is 0.952 bits per heavy atom.